The molecular weight excluding hydrogens is 298 g/mol. The van der Waals surface area contributed by atoms with Gasteiger partial charge in [0.2, 0.25) is 5.91 Å². The van der Waals surface area contributed by atoms with Gasteiger partial charge in [0.1, 0.15) is 0 Å². The number of amides is 1. The quantitative estimate of drug-likeness (QED) is 0.723. The Kier molecular flexibility index (Phi) is 7.47. The lowest BCUT2D eigenvalue weighted by molar-refractivity contribution is -0.137. The van der Waals surface area contributed by atoms with Gasteiger partial charge < -0.3 is 10.4 Å². The summed E-state index contributed by atoms with van der Waals surface area (Å²) in [6, 6.07) is 6.94. The van der Waals surface area contributed by atoms with Gasteiger partial charge in [-0.25, -0.2) is 0 Å². The first-order valence-electron chi connectivity index (χ1n) is 6.40. The van der Waals surface area contributed by atoms with E-state index in [0.29, 0.717) is 11.4 Å². The molecule has 0 spiro atoms. The van der Waals surface area contributed by atoms with Crippen LogP contribution in [-0.4, -0.2) is 28.8 Å². The number of nitrogens with one attached hydrogen (secondary N) is 1. The summed E-state index contributed by atoms with van der Waals surface area (Å²) in [5.74, 6) is -0.777. The average Bonchev–Trinajstić information content (AvgIpc) is 2.37. The Morgan fingerprint density at radius 2 is 2.00 bits per heavy atom. The van der Waals surface area contributed by atoms with E-state index in [1.807, 2.05) is 19.1 Å². The van der Waals surface area contributed by atoms with Gasteiger partial charge in [-0.1, -0.05) is 24.9 Å². The van der Waals surface area contributed by atoms with Crippen molar-refractivity contribution in [3.63, 3.8) is 0 Å². The van der Waals surface area contributed by atoms with Gasteiger partial charge in [-0.05, 0) is 30.7 Å². The van der Waals surface area contributed by atoms with E-state index in [2.05, 4.69) is 5.32 Å². The van der Waals surface area contributed by atoms with Crippen LogP contribution < -0.4 is 5.32 Å². The number of carbonyl (C=O) groups excluding carboxylic acids is 1. The van der Waals surface area contributed by atoms with E-state index in [-0.39, 0.29) is 24.1 Å². The van der Waals surface area contributed by atoms with Gasteiger partial charge in [0.25, 0.3) is 0 Å². The highest BCUT2D eigenvalue weighted by atomic mass is 35.5. The lowest BCUT2D eigenvalue weighted by atomic mass is 10.1. The molecule has 0 aliphatic rings. The van der Waals surface area contributed by atoms with Crippen molar-refractivity contribution in [3.05, 3.63) is 29.3 Å². The fourth-order valence-electron chi connectivity index (χ4n) is 1.73. The highest BCUT2D eigenvalue weighted by molar-refractivity contribution is 8.00. The van der Waals surface area contributed by atoms with Crippen LogP contribution in [0.15, 0.2) is 29.2 Å². The normalized spacial score (nSPS) is 11.9. The Hall–Kier alpha value is -1.20. The molecule has 4 nitrogen and oxygen atoms in total. The molecule has 1 rings (SSSR count). The summed E-state index contributed by atoms with van der Waals surface area (Å²) >= 11 is 7.18. The number of benzene rings is 1. The van der Waals surface area contributed by atoms with Crippen LogP contribution in [0.4, 0.5) is 0 Å². The van der Waals surface area contributed by atoms with Crippen LogP contribution in [0.1, 0.15) is 26.2 Å². The minimum Gasteiger partial charge on any atom is -0.481 e. The largest absolute Gasteiger partial charge is 0.481 e. The van der Waals surface area contributed by atoms with Crippen LogP contribution in [0.5, 0.6) is 0 Å². The maximum absolute atomic E-state index is 11.8. The number of hydrogen-bond donors (Lipinski definition) is 2. The predicted octanol–water partition coefficient (Wildman–Crippen LogP) is 3.19. The molecule has 20 heavy (non-hydrogen) atoms. The fraction of sp³-hybridized carbons (Fsp3) is 0.429. The monoisotopic (exact) mass is 315 g/mol. The molecule has 1 atom stereocenters. The number of carboxylic acids is 1. The Balaban J connectivity index is 2.41. The first kappa shape index (κ1) is 16.9. The number of carbonyl (C=O) groups is 2. The molecule has 1 unspecified atom stereocenters. The number of rotatable bonds is 8. The summed E-state index contributed by atoms with van der Waals surface area (Å²) in [6.07, 6.45) is 1.47. The molecule has 0 saturated carbocycles. The summed E-state index contributed by atoms with van der Waals surface area (Å²) < 4.78 is 0. The molecule has 1 amide bonds. The SMILES string of the molecule is CCCC(CC(=O)O)NC(=O)CSc1ccc(Cl)cc1. The molecule has 6 heteroatoms. The number of thioether (sulfide) groups is 1. The number of aliphatic carboxylic acids is 1. The number of carboxylic acid groups (broad SMARTS) is 1. The smallest absolute Gasteiger partial charge is 0.305 e. The molecule has 1 aromatic carbocycles. The number of hydrogen-bond acceptors (Lipinski definition) is 3. The molecule has 2 N–H and O–H groups in total. The first-order valence-corrected chi connectivity index (χ1v) is 7.77. The average molecular weight is 316 g/mol. The highest BCUT2D eigenvalue weighted by Crippen LogP contribution is 2.20. The van der Waals surface area contributed by atoms with E-state index in [4.69, 9.17) is 16.7 Å². The van der Waals surface area contributed by atoms with E-state index in [1.165, 1.54) is 11.8 Å². The third-order valence-electron chi connectivity index (χ3n) is 2.61. The first-order chi connectivity index (χ1) is 9.51. The lowest BCUT2D eigenvalue weighted by Crippen LogP contribution is -2.37. The predicted molar refractivity (Wildman–Crippen MR) is 81.3 cm³/mol. The zero-order valence-electron chi connectivity index (χ0n) is 11.3. The maximum atomic E-state index is 11.8. The molecule has 0 fully saturated rings. The van der Waals surface area contributed by atoms with Crippen molar-refractivity contribution >= 4 is 35.2 Å². The van der Waals surface area contributed by atoms with E-state index in [0.717, 1.165) is 11.3 Å². The molecule has 0 saturated heterocycles. The van der Waals surface area contributed by atoms with Crippen LogP contribution in [-0.2, 0) is 9.59 Å². The molecule has 0 heterocycles. The minimum absolute atomic E-state index is 0.0365. The van der Waals surface area contributed by atoms with Crippen LogP contribution in [0.2, 0.25) is 5.02 Å². The van der Waals surface area contributed by atoms with E-state index < -0.39 is 5.97 Å². The van der Waals surface area contributed by atoms with Crippen molar-refractivity contribution in [1.29, 1.82) is 0 Å². The van der Waals surface area contributed by atoms with Crippen LogP contribution in [0.3, 0.4) is 0 Å². The van der Waals surface area contributed by atoms with Gasteiger partial charge in [0.15, 0.2) is 0 Å². The molecule has 1 aromatic rings. The molecule has 110 valence electrons. The third kappa shape index (κ3) is 6.82. The van der Waals surface area contributed by atoms with Crippen molar-refractivity contribution in [3.8, 4) is 0 Å². The van der Waals surface area contributed by atoms with Gasteiger partial charge in [0, 0.05) is 16.0 Å². The zero-order valence-corrected chi connectivity index (χ0v) is 12.8. The van der Waals surface area contributed by atoms with Crippen molar-refractivity contribution < 1.29 is 14.7 Å². The van der Waals surface area contributed by atoms with E-state index >= 15 is 0 Å². The molecule has 0 aliphatic carbocycles. The van der Waals surface area contributed by atoms with Crippen LogP contribution in [0, 0.1) is 0 Å². The number of halogens is 1. The summed E-state index contributed by atoms with van der Waals surface area (Å²) in [6.45, 7) is 1.96. The van der Waals surface area contributed by atoms with E-state index in [9.17, 15) is 9.59 Å². The van der Waals surface area contributed by atoms with Gasteiger partial charge >= 0.3 is 5.97 Å². The summed E-state index contributed by atoms with van der Waals surface area (Å²) in [5.41, 5.74) is 0. The maximum Gasteiger partial charge on any atom is 0.305 e. The molecular formula is C14H18ClNO3S. The second-order valence-corrected chi connectivity index (χ2v) is 5.88. The lowest BCUT2D eigenvalue weighted by Gasteiger charge is -2.15. The van der Waals surface area contributed by atoms with Crippen molar-refractivity contribution in [2.75, 3.05) is 5.75 Å². The summed E-state index contributed by atoms with van der Waals surface area (Å²) in [4.78, 5) is 23.5. The molecule has 0 bridgehead atoms. The highest BCUT2D eigenvalue weighted by Gasteiger charge is 2.15. The summed E-state index contributed by atoms with van der Waals surface area (Å²) in [7, 11) is 0. The Labute approximate surface area is 127 Å². The van der Waals surface area contributed by atoms with Crippen LogP contribution in [0.25, 0.3) is 0 Å². The van der Waals surface area contributed by atoms with E-state index in [1.54, 1.807) is 12.1 Å². The van der Waals surface area contributed by atoms with Crippen molar-refractivity contribution in [1.82, 2.24) is 5.32 Å². The minimum atomic E-state index is -0.894. The standard InChI is InChI=1S/C14H18ClNO3S/c1-2-3-11(8-14(18)19)16-13(17)9-20-12-6-4-10(15)5-7-12/h4-7,11H,2-3,8-9H2,1H3,(H,16,17)(H,18,19). The zero-order chi connectivity index (χ0) is 15.0. The Morgan fingerprint density at radius 3 is 2.55 bits per heavy atom. The van der Waals surface area contributed by atoms with Gasteiger partial charge in [-0.15, -0.1) is 11.8 Å². The Morgan fingerprint density at radius 1 is 1.35 bits per heavy atom. The van der Waals surface area contributed by atoms with Crippen molar-refractivity contribution in [2.45, 2.75) is 37.1 Å². The second-order valence-electron chi connectivity index (χ2n) is 4.39. The molecule has 0 aliphatic heterocycles. The molecule has 0 aromatic heterocycles. The second kappa shape index (κ2) is 8.87. The van der Waals surface area contributed by atoms with Gasteiger partial charge in [-0.3, -0.25) is 9.59 Å². The third-order valence-corrected chi connectivity index (χ3v) is 3.87. The Bertz CT molecular complexity index is 450. The van der Waals surface area contributed by atoms with Gasteiger partial charge in [-0.2, -0.15) is 0 Å². The topological polar surface area (TPSA) is 66.4 Å². The summed E-state index contributed by atoms with van der Waals surface area (Å²) in [5, 5.41) is 12.2. The van der Waals surface area contributed by atoms with Crippen LogP contribution >= 0.6 is 23.4 Å². The molecule has 0 radical (unpaired) electrons. The van der Waals surface area contributed by atoms with Crippen molar-refractivity contribution in [2.24, 2.45) is 0 Å². The fourth-order valence-corrected chi connectivity index (χ4v) is 2.57. The van der Waals surface area contributed by atoms with Gasteiger partial charge in [0.05, 0.1) is 12.2 Å².